The van der Waals surface area contributed by atoms with Crippen molar-refractivity contribution < 1.29 is 0 Å². The summed E-state index contributed by atoms with van der Waals surface area (Å²) in [5.74, 6) is 0. The third-order valence-corrected chi connectivity index (χ3v) is 11.3. The second-order valence-corrected chi connectivity index (χ2v) is 14.3. The van der Waals surface area contributed by atoms with Crippen molar-refractivity contribution in [1.29, 1.82) is 15.8 Å². The maximum atomic E-state index is 10.7. The molecule has 0 aliphatic carbocycles. The van der Waals surface area contributed by atoms with Crippen molar-refractivity contribution in [3.63, 3.8) is 0 Å². The van der Waals surface area contributed by atoms with Gasteiger partial charge in [-0.25, -0.2) is 0 Å². The highest BCUT2D eigenvalue weighted by Gasteiger charge is 2.23. The molecule has 3 aromatic heterocycles. The van der Waals surface area contributed by atoms with Gasteiger partial charge in [0.2, 0.25) is 0 Å². The van der Waals surface area contributed by atoms with Gasteiger partial charge in [0.15, 0.2) is 0 Å². The Labute approximate surface area is 326 Å². The summed E-state index contributed by atoms with van der Waals surface area (Å²) in [5.41, 5.74) is 11.8. The molecule has 3 heterocycles. The molecule has 0 atom stereocenters. The zero-order valence-corrected chi connectivity index (χ0v) is 30.3. The molecule has 57 heavy (non-hydrogen) atoms. The van der Waals surface area contributed by atoms with Crippen LogP contribution in [0.2, 0.25) is 0 Å². The highest BCUT2D eigenvalue weighted by molar-refractivity contribution is 6.15. The van der Waals surface area contributed by atoms with Crippen molar-refractivity contribution in [2.24, 2.45) is 0 Å². The lowest BCUT2D eigenvalue weighted by Gasteiger charge is -2.18. The topological polar surface area (TPSA) is 86.2 Å². The normalized spacial score (nSPS) is 11.5. The first-order valence-electron chi connectivity index (χ1n) is 18.7. The molecule has 0 saturated heterocycles. The predicted octanol–water partition coefficient (Wildman–Crippen LogP) is 12.3. The largest absolute Gasteiger partial charge is 0.307 e. The van der Waals surface area contributed by atoms with Crippen molar-refractivity contribution >= 4 is 65.4 Å². The van der Waals surface area contributed by atoms with E-state index < -0.39 is 0 Å². The summed E-state index contributed by atoms with van der Waals surface area (Å²) in [6.07, 6.45) is 0. The van der Waals surface area contributed by atoms with Gasteiger partial charge in [-0.1, -0.05) is 97.1 Å². The average molecular weight is 725 g/mol. The van der Waals surface area contributed by atoms with E-state index in [-0.39, 0.29) is 0 Å². The monoisotopic (exact) mass is 724 g/mol. The van der Waals surface area contributed by atoms with Gasteiger partial charge in [-0.05, 0) is 78.4 Å². The van der Waals surface area contributed by atoms with Crippen LogP contribution in [0.15, 0.2) is 170 Å². The van der Waals surface area contributed by atoms with Gasteiger partial charge in [0.05, 0.1) is 73.3 Å². The Morgan fingerprint density at radius 1 is 0.368 bits per heavy atom. The van der Waals surface area contributed by atoms with Crippen LogP contribution in [-0.4, -0.2) is 13.7 Å². The highest BCUT2D eigenvalue weighted by atomic mass is 15.1. The van der Waals surface area contributed by atoms with Crippen LogP contribution >= 0.6 is 0 Å². The number of para-hydroxylation sites is 6. The number of rotatable bonds is 4. The minimum atomic E-state index is 0.494. The van der Waals surface area contributed by atoms with E-state index in [0.717, 1.165) is 77.1 Å². The fourth-order valence-corrected chi connectivity index (χ4v) is 8.98. The van der Waals surface area contributed by atoms with Gasteiger partial charge in [-0.3, -0.25) is 0 Å². The molecule has 6 heteroatoms. The van der Waals surface area contributed by atoms with E-state index >= 15 is 0 Å². The molecule has 0 aliphatic rings. The molecule has 0 amide bonds. The minimum absolute atomic E-state index is 0.494. The smallest absolute Gasteiger partial charge is 0.101 e. The standard InChI is InChI=1S/C51H28N6/c52-29-32-23-24-48-43(27-32)41-15-4-8-21-47(41)57(48)50-34(31-54)11-9-16-37(50)35-25-33(30-53)26-36(28-35)55-44-18-5-3-14-40(44)42-17-10-22-49(51(42)55)56-45-19-6-1-12-38(45)39-13-2-7-20-46(39)56/h1-28H. The van der Waals surface area contributed by atoms with Crippen molar-refractivity contribution in [2.75, 3.05) is 0 Å². The molecule has 8 aromatic carbocycles. The Morgan fingerprint density at radius 2 is 0.912 bits per heavy atom. The third kappa shape index (κ3) is 4.61. The summed E-state index contributed by atoms with van der Waals surface area (Å²) in [6, 6.07) is 64.7. The lowest BCUT2D eigenvalue weighted by atomic mass is 9.97. The lowest BCUT2D eigenvalue weighted by Crippen LogP contribution is -2.03. The van der Waals surface area contributed by atoms with Crippen LogP contribution in [0.5, 0.6) is 0 Å². The van der Waals surface area contributed by atoms with Crippen molar-refractivity contribution in [2.45, 2.75) is 0 Å². The second kappa shape index (κ2) is 12.3. The van der Waals surface area contributed by atoms with E-state index in [1.807, 2.05) is 66.7 Å². The summed E-state index contributed by atoms with van der Waals surface area (Å²) >= 11 is 0. The van der Waals surface area contributed by atoms with Crippen LogP contribution in [0.3, 0.4) is 0 Å². The fraction of sp³-hybridized carbons (Fsp3) is 0. The van der Waals surface area contributed by atoms with Crippen LogP contribution in [0, 0.1) is 34.0 Å². The first-order valence-corrected chi connectivity index (χ1v) is 18.7. The molecule has 0 N–H and O–H groups in total. The fourth-order valence-electron chi connectivity index (χ4n) is 8.98. The Morgan fingerprint density at radius 3 is 1.56 bits per heavy atom. The van der Waals surface area contributed by atoms with E-state index in [2.05, 4.69) is 135 Å². The number of nitriles is 3. The van der Waals surface area contributed by atoms with Gasteiger partial charge in [-0.2, -0.15) is 15.8 Å². The van der Waals surface area contributed by atoms with Crippen LogP contribution in [0.1, 0.15) is 16.7 Å². The van der Waals surface area contributed by atoms with Gasteiger partial charge in [0.25, 0.3) is 0 Å². The summed E-state index contributed by atoms with van der Waals surface area (Å²) in [5, 5.41) is 37.6. The van der Waals surface area contributed by atoms with Crippen LogP contribution < -0.4 is 0 Å². The molecule has 0 unspecified atom stereocenters. The van der Waals surface area contributed by atoms with Gasteiger partial charge in [0.1, 0.15) is 6.07 Å². The summed E-state index contributed by atoms with van der Waals surface area (Å²) in [7, 11) is 0. The van der Waals surface area contributed by atoms with Gasteiger partial charge < -0.3 is 13.7 Å². The Hall–Kier alpha value is -8.37. The zero-order valence-electron chi connectivity index (χ0n) is 30.3. The first kappa shape index (κ1) is 32.1. The number of fused-ring (bicyclic) bond motifs is 9. The van der Waals surface area contributed by atoms with E-state index in [4.69, 9.17) is 0 Å². The Kier molecular flexibility index (Phi) is 6.95. The molecular weight excluding hydrogens is 697 g/mol. The quantitative estimate of drug-likeness (QED) is 0.181. The number of hydrogen-bond acceptors (Lipinski definition) is 3. The van der Waals surface area contributed by atoms with Gasteiger partial charge >= 0.3 is 0 Å². The molecule has 0 bridgehead atoms. The summed E-state index contributed by atoms with van der Waals surface area (Å²) in [6.45, 7) is 0. The lowest BCUT2D eigenvalue weighted by molar-refractivity contribution is 1.13. The van der Waals surface area contributed by atoms with Gasteiger partial charge in [0, 0.05) is 43.6 Å². The molecule has 11 aromatic rings. The molecule has 0 radical (unpaired) electrons. The number of aromatic nitrogens is 3. The minimum Gasteiger partial charge on any atom is -0.307 e. The zero-order chi connectivity index (χ0) is 38.2. The second-order valence-electron chi connectivity index (χ2n) is 14.3. The highest BCUT2D eigenvalue weighted by Crippen LogP contribution is 2.42. The van der Waals surface area contributed by atoms with Crippen LogP contribution in [-0.2, 0) is 0 Å². The molecule has 0 saturated carbocycles. The maximum Gasteiger partial charge on any atom is 0.101 e. The van der Waals surface area contributed by atoms with E-state index in [1.54, 1.807) is 0 Å². The predicted molar refractivity (Wildman–Crippen MR) is 229 cm³/mol. The molecule has 11 rings (SSSR count). The van der Waals surface area contributed by atoms with Gasteiger partial charge in [-0.15, -0.1) is 0 Å². The number of nitrogens with zero attached hydrogens (tertiary/aromatic N) is 6. The SMILES string of the molecule is N#Cc1cc(-c2cccc(C#N)c2-n2c3ccccc3c3cc(C#N)ccc32)cc(-n2c3ccccc3c3cccc(-n4c5ccccc5c5ccccc54)c32)c1. The van der Waals surface area contributed by atoms with E-state index in [0.29, 0.717) is 22.4 Å². The molecular formula is C51H28N6. The first-order chi connectivity index (χ1) is 28.2. The maximum absolute atomic E-state index is 10.7. The van der Waals surface area contributed by atoms with E-state index in [1.165, 1.54) is 10.8 Å². The number of hydrogen-bond donors (Lipinski definition) is 0. The average Bonchev–Trinajstić information content (AvgIpc) is 3.91. The van der Waals surface area contributed by atoms with Crippen molar-refractivity contribution in [3.8, 4) is 46.4 Å². The van der Waals surface area contributed by atoms with Crippen molar-refractivity contribution in [1.82, 2.24) is 13.7 Å². The number of benzene rings is 8. The van der Waals surface area contributed by atoms with Crippen molar-refractivity contribution in [3.05, 3.63) is 187 Å². The Balaban J connectivity index is 1.23. The molecule has 0 aliphatic heterocycles. The van der Waals surface area contributed by atoms with Crippen LogP contribution in [0.25, 0.3) is 93.6 Å². The summed E-state index contributed by atoms with van der Waals surface area (Å²) in [4.78, 5) is 0. The molecule has 0 spiro atoms. The molecule has 6 nitrogen and oxygen atoms in total. The summed E-state index contributed by atoms with van der Waals surface area (Å²) < 4.78 is 6.76. The molecule has 262 valence electrons. The molecule has 0 fully saturated rings. The Bertz CT molecular complexity index is 3580. The van der Waals surface area contributed by atoms with E-state index in [9.17, 15) is 15.8 Å². The van der Waals surface area contributed by atoms with Crippen LogP contribution in [0.4, 0.5) is 0 Å². The third-order valence-electron chi connectivity index (χ3n) is 11.3.